The number of nitrogens with one attached hydrogen (secondary N) is 2. The zero-order chi connectivity index (χ0) is 19.4. The SMILES string of the molecule is CCNC(=NCC1(C)CCCCC1O)NC1CCc2nc(C(C)C)nn2C1.I. The van der Waals surface area contributed by atoms with Crippen molar-refractivity contribution in [2.75, 3.05) is 13.1 Å². The minimum atomic E-state index is -0.250. The minimum absolute atomic E-state index is 0. The summed E-state index contributed by atoms with van der Waals surface area (Å²) >= 11 is 0. The molecule has 1 aromatic rings. The normalized spacial score (nSPS) is 27.9. The second-order valence-corrected chi connectivity index (χ2v) is 8.71. The molecule has 3 atom stereocenters. The zero-order valence-electron chi connectivity index (χ0n) is 17.7. The van der Waals surface area contributed by atoms with Gasteiger partial charge >= 0.3 is 0 Å². The van der Waals surface area contributed by atoms with Gasteiger partial charge in [0.2, 0.25) is 0 Å². The van der Waals surface area contributed by atoms with Gasteiger partial charge in [0.25, 0.3) is 0 Å². The number of aromatic nitrogens is 3. The van der Waals surface area contributed by atoms with E-state index < -0.39 is 0 Å². The number of aliphatic imine (C=N–C) groups is 1. The fraction of sp³-hybridized carbons (Fsp3) is 0.850. The minimum Gasteiger partial charge on any atom is -0.392 e. The topological polar surface area (TPSA) is 87.4 Å². The molecule has 1 saturated carbocycles. The fourth-order valence-electron chi connectivity index (χ4n) is 4.03. The first-order valence-electron chi connectivity index (χ1n) is 10.6. The molecule has 1 aromatic heterocycles. The number of rotatable bonds is 5. The van der Waals surface area contributed by atoms with Crippen molar-refractivity contribution < 1.29 is 5.11 Å². The van der Waals surface area contributed by atoms with Crippen molar-refractivity contribution in [3.8, 4) is 0 Å². The van der Waals surface area contributed by atoms with Crippen molar-refractivity contribution in [2.45, 2.75) is 90.8 Å². The molecule has 8 heteroatoms. The average Bonchev–Trinajstić information content (AvgIpc) is 3.06. The van der Waals surface area contributed by atoms with E-state index in [9.17, 15) is 5.11 Å². The molecule has 2 heterocycles. The van der Waals surface area contributed by atoms with E-state index in [4.69, 9.17) is 4.99 Å². The van der Waals surface area contributed by atoms with Crippen molar-refractivity contribution in [1.29, 1.82) is 0 Å². The molecule has 1 fully saturated rings. The van der Waals surface area contributed by atoms with Crippen molar-refractivity contribution in [3.63, 3.8) is 0 Å². The van der Waals surface area contributed by atoms with Crippen molar-refractivity contribution in [3.05, 3.63) is 11.6 Å². The molecule has 28 heavy (non-hydrogen) atoms. The molecule has 0 aromatic carbocycles. The van der Waals surface area contributed by atoms with E-state index in [1.807, 2.05) is 4.68 Å². The lowest BCUT2D eigenvalue weighted by Gasteiger charge is -2.37. The average molecular weight is 504 g/mol. The van der Waals surface area contributed by atoms with Crippen LogP contribution < -0.4 is 10.6 Å². The van der Waals surface area contributed by atoms with Crippen LogP contribution in [0.15, 0.2) is 4.99 Å². The lowest BCUT2D eigenvalue weighted by atomic mass is 9.73. The van der Waals surface area contributed by atoms with Crippen LogP contribution in [0.1, 0.15) is 77.4 Å². The smallest absolute Gasteiger partial charge is 0.191 e. The van der Waals surface area contributed by atoms with Gasteiger partial charge in [-0.1, -0.05) is 33.6 Å². The molecular weight excluding hydrogens is 467 g/mol. The van der Waals surface area contributed by atoms with Crippen LogP contribution in [0.3, 0.4) is 0 Å². The Morgan fingerprint density at radius 1 is 1.36 bits per heavy atom. The monoisotopic (exact) mass is 504 g/mol. The highest BCUT2D eigenvalue weighted by Gasteiger charge is 2.35. The van der Waals surface area contributed by atoms with Crippen molar-refractivity contribution in [1.82, 2.24) is 25.4 Å². The third-order valence-corrected chi connectivity index (χ3v) is 5.95. The third-order valence-electron chi connectivity index (χ3n) is 5.95. The molecule has 0 spiro atoms. The Hall–Kier alpha value is -0.900. The number of halogens is 1. The molecule has 3 unspecified atom stereocenters. The lowest BCUT2D eigenvalue weighted by Crippen LogP contribution is -2.48. The first-order valence-corrected chi connectivity index (χ1v) is 10.6. The van der Waals surface area contributed by atoms with Gasteiger partial charge in [-0.15, -0.1) is 24.0 Å². The molecule has 0 radical (unpaired) electrons. The first-order chi connectivity index (χ1) is 12.9. The summed E-state index contributed by atoms with van der Waals surface area (Å²) < 4.78 is 2.05. The summed E-state index contributed by atoms with van der Waals surface area (Å²) in [5, 5.41) is 22.0. The maximum absolute atomic E-state index is 10.4. The standard InChI is InChI=1S/C20H36N6O.HI/c1-5-21-19(22-13-20(4)11-7-6-8-16(20)27)23-15-9-10-17-24-18(14(2)3)25-26(17)12-15;/h14-16,27H,5-13H2,1-4H3,(H2,21,22,23);1H. The summed E-state index contributed by atoms with van der Waals surface area (Å²) in [6.07, 6.45) is 5.96. The highest BCUT2D eigenvalue weighted by molar-refractivity contribution is 14.0. The Morgan fingerprint density at radius 3 is 2.82 bits per heavy atom. The van der Waals surface area contributed by atoms with Crippen molar-refractivity contribution in [2.24, 2.45) is 10.4 Å². The Morgan fingerprint density at radius 2 is 2.14 bits per heavy atom. The van der Waals surface area contributed by atoms with E-state index in [1.165, 1.54) is 6.42 Å². The predicted octanol–water partition coefficient (Wildman–Crippen LogP) is 2.83. The van der Waals surface area contributed by atoms with Crippen LogP contribution in [-0.4, -0.2) is 51.1 Å². The van der Waals surface area contributed by atoms with Crippen LogP contribution in [0.25, 0.3) is 0 Å². The second kappa shape index (κ2) is 10.2. The van der Waals surface area contributed by atoms with Gasteiger partial charge in [-0.25, -0.2) is 9.67 Å². The van der Waals surface area contributed by atoms with Crippen molar-refractivity contribution >= 4 is 29.9 Å². The van der Waals surface area contributed by atoms with Crippen LogP contribution in [-0.2, 0) is 13.0 Å². The summed E-state index contributed by atoms with van der Waals surface area (Å²) in [5.41, 5.74) is -0.113. The molecule has 160 valence electrons. The summed E-state index contributed by atoms with van der Waals surface area (Å²) in [5.74, 6) is 3.23. The van der Waals surface area contributed by atoms with Gasteiger partial charge in [-0.3, -0.25) is 4.99 Å². The van der Waals surface area contributed by atoms with E-state index in [-0.39, 0.29) is 35.5 Å². The highest BCUT2D eigenvalue weighted by atomic mass is 127. The maximum Gasteiger partial charge on any atom is 0.191 e. The molecule has 1 aliphatic heterocycles. The van der Waals surface area contributed by atoms with Gasteiger partial charge in [-0.2, -0.15) is 5.10 Å². The van der Waals surface area contributed by atoms with Crippen LogP contribution in [0.5, 0.6) is 0 Å². The third kappa shape index (κ3) is 5.58. The number of aryl methyl sites for hydroxylation is 1. The number of aliphatic hydroxyl groups is 1. The first kappa shape index (κ1) is 23.4. The Kier molecular flexibility index (Phi) is 8.54. The van der Waals surface area contributed by atoms with E-state index in [0.29, 0.717) is 18.5 Å². The van der Waals surface area contributed by atoms with Crippen LogP contribution in [0.2, 0.25) is 0 Å². The van der Waals surface area contributed by atoms with Gasteiger partial charge in [0, 0.05) is 30.3 Å². The Bertz CT molecular complexity index is 661. The zero-order valence-corrected chi connectivity index (χ0v) is 20.1. The molecule has 0 amide bonds. The summed E-state index contributed by atoms with van der Waals surface area (Å²) in [6, 6.07) is 0.293. The molecule has 3 rings (SSSR count). The largest absolute Gasteiger partial charge is 0.392 e. The lowest BCUT2D eigenvalue weighted by molar-refractivity contribution is 0.00715. The predicted molar refractivity (Wildman–Crippen MR) is 123 cm³/mol. The van der Waals surface area contributed by atoms with Gasteiger partial charge in [0.15, 0.2) is 11.8 Å². The molecule has 0 bridgehead atoms. The van der Waals surface area contributed by atoms with Gasteiger partial charge in [-0.05, 0) is 26.2 Å². The molecule has 3 N–H and O–H groups in total. The molecule has 7 nitrogen and oxygen atoms in total. The number of aliphatic hydroxyl groups excluding tert-OH is 1. The quantitative estimate of drug-likeness (QED) is 0.326. The molecular formula is C20H37IN6O. The fourth-order valence-corrected chi connectivity index (χ4v) is 4.03. The van der Waals surface area contributed by atoms with E-state index >= 15 is 0 Å². The summed E-state index contributed by atoms with van der Waals surface area (Å²) in [6.45, 7) is 10.8. The van der Waals surface area contributed by atoms with Gasteiger partial charge < -0.3 is 15.7 Å². The molecule has 2 aliphatic rings. The van der Waals surface area contributed by atoms with Crippen LogP contribution in [0.4, 0.5) is 0 Å². The number of hydrogen-bond donors (Lipinski definition) is 3. The summed E-state index contributed by atoms with van der Waals surface area (Å²) in [7, 11) is 0. The van der Waals surface area contributed by atoms with Gasteiger partial charge in [0.1, 0.15) is 5.82 Å². The number of hydrogen-bond acceptors (Lipinski definition) is 4. The molecule has 1 aliphatic carbocycles. The second-order valence-electron chi connectivity index (χ2n) is 8.71. The number of fused-ring (bicyclic) bond motifs is 1. The Balaban J connectivity index is 0.00000280. The number of guanidine groups is 1. The van der Waals surface area contributed by atoms with Crippen LogP contribution >= 0.6 is 24.0 Å². The number of nitrogens with zero attached hydrogens (tertiary/aromatic N) is 4. The maximum atomic E-state index is 10.4. The van der Waals surface area contributed by atoms with E-state index in [2.05, 4.69) is 48.4 Å². The van der Waals surface area contributed by atoms with Gasteiger partial charge in [0.05, 0.1) is 19.2 Å². The van der Waals surface area contributed by atoms with Crippen LogP contribution in [0, 0.1) is 5.41 Å². The highest BCUT2D eigenvalue weighted by Crippen LogP contribution is 2.36. The molecule has 0 saturated heterocycles. The van der Waals surface area contributed by atoms with E-state index in [1.54, 1.807) is 0 Å². The summed E-state index contributed by atoms with van der Waals surface area (Å²) in [4.78, 5) is 9.50. The van der Waals surface area contributed by atoms with E-state index in [0.717, 1.165) is 62.8 Å². The Labute approximate surface area is 186 Å².